The second-order valence-electron chi connectivity index (χ2n) is 5.75. The minimum Gasteiger partial charge on any atom is -0.507 e. The first-order valence-electron chi connectivity index (χ1n) is 7.45. The number of fused-ring (bicyclic) bond motifs is 2. The number of phenols is 1. The third-order valence-electron chi connectivity index (χ3n) is 4.30. The molecule has 0 saturated heterocycles. The Morgan fingerprint density at radius 3 is 2.36 bits per heavy atom. The van der Waals surface area contributed by atoms with Gasteiger partial charge in [0.05, 0.1) is 12.7 Å². The first-order valence-corrected chi connectivity index (χ1v) is 8.91. The third-order valence-corrected chi connectivity index (χ3v) is 5.52. The second-order valence-corrected chi connectivity index (χ2v) is 7.19. The van der Waals surface area contributed by atoms with E-state index in [0.717, 1.165) is 10.8 Å². The fourth-order valence-corrected chi connectivity index (χ4v) is 4.52. The smallest absolute Gasteiger partial charge is 0.507 e. The van der Waals surface area contributed by atoms with Gasteiger partial charge in [0.25, 0.3) is 0 Å². The highest BCUT2D eigenvalue weighted by atomic mass is 31.2. The fourth-order valence-electron chi connectivity index (χ4n) is 3.22. The number of hydrogen-bond acceptors (Lipinski definition) is 7. The summed E-state index contributed by atoms with van der Waals surface area (Å²) in [4.78, 5) is 0. The summed E-state index contributed by atoms with van der Waals surface area (Å²) in [6.45, 7) is 0. The van der Waals surface area contributed by atoms with E-state index in [1.54, 1.807) is 12.1 Å². The number of methoxy groups -OCH3 is 1. The van der Waals surface area contributed by atoms with E-state index in [-0.39, 0.29) is 34.4 Å². The van der Waals surface area contributed by atoms with E-state index in [9.17, 15) is 9.67 Å². The molecule has 3 N–H and O–H groups in total. The first-order chi connectivity index (χ1) is 12.0. The molecule has 0 radical (unpaired) electrons. The molecule has 3 aromatic rings. The van der Waals surface area contributed by atoms with E-state index in [2.05, 4.69) is 0 Å². The Morgan fingerprint density at radius 2 is 1.68 bits per heavy atom. The van der Waals surface area contributed by atoms with Crippen LogP contribution >= 0.6 is 7.82 Å². The van der Waals surface area contributed by atoms with Gasteiger partial charge in [-0.2, -0.15) is 4.57 Å². The Balaban J connectivity index is 1.88. The van der Waals surface area contributed by atoms with Crippen molar-refractivity contribution in [1.82, 2.24) is 0 Å². The molecule has 25 heavy (non-hydrogen) atoms. The summed E-state index contributed by atoms with van der Waals surface area (Å²) in [5.41, 5.74) is 7.06. The number of aromatic hydroxyl groups is 1. The predicted molar refractivity (Wildman–Crippen MR) is 91.5 cm³/mol. The Bertz CT molecular complexity index is 1130. The molecule has 2 heterocycles. The number of rotatable bonds is 2. The van der Waals surface area contributed by atoms with Crippen LogP contribution < -0.4 is 24.0 Å². The van der Waals surface area contributed by atoms with Crippen molar-refractivity contribution in [2.24, 2.45) is 0 Å². The van der Waals surface area contributed by atoms with E-state index < -0.39 is 7.82 Å². The summed E-state index contributed by atoms with van der Waals surface area (Å²) in [5.74, 6) is 0.783. The van der Waals surface area contributed by atoms with Crippen LogP contribution in [0.3, 0.4) is 0 Å². The van der Waals surface area contributed by atoms with Gasteiger partial charge in [-0.3, -0.25) is 0 Å². The van der Waals surface area contributed by atoms with Crippen LogP contribution in [0.2, 0.25) is 0 Å². The minimum absolute atomic E-state index is 0.0122. The van der Waals surface area contributed by atoms with Gasteiger partial charge in [0.2, 0.25) is 11.5 Å². The van der Waals surface area contributed by atoms with E-state index in [1.165, 1.54) is 7.11 Å². The lowest BCUT2D eigenvalue weighted by Gasteiger charge is -2.20. The zero-order chi connectivity index (χ0) is 17.3. The van der Waals surface area contributed by atoms with E-state index in [4.69, 9.17) is 24.0 Å². The number of benzene rings is 3. The summed E-state index contributed by atoms with van der Waals surface area (Å²) in [5, 5.41) is 12.3. The van der Waals surface area contributed by atoms with Gasteiger partial charge in [-0.1, -0.05) is 24.3 Å². The Labute approximate surface area is 142 Å². The van der Waals surface area contributed by atoms with Crippen LogP contribution in [0, 0.1) is 0 Å². The molecule has 1 unspecified atom stereocenters. The number of phenolic OH excluding ortho intramolecular Hbond substituents is 1. The Kier molecular flexibility index (Phi) is 2.59. The molecule has 0 saturated carbocycles. The van der Waals surface area contributed by atoms with Gasteiger partial charge in [-0.05, 0) is 22.9 Å². The number of phosphoric ester groups is 1. The van der Waals surface area contributed by atoms with Crippen molar-refractivity contribution in [3.63, 3.8) is 0 Å². The highest BCUT2D eigenvalue weighted by Gasteiger charge is 2.54. The van der Waals surface area contributed by atoms with Crippen molar-refractivity contribution in [2.75, 3.05) is 12.8 Å². The van der Waals surface area contributed by atoms with Gasteiger partial charge in [0.15, 0.2) is 11.5 Å². The summed E-state index contributed by atoms with van der Waals surface area (Å²) in [6.07, 6.45) is 0. The average Bonchev–Trinajstić information content (AvgIpc) is 3.12. The van der Waals surface area contributed by atoms with Crippen LogP contribution in [0.25, 0.3) is 21.9 Å². The van der Waals surface area contributed by atoms with Crippen molar-refractivity contribution in [1.29, 1.82) is 0 Å². The zero-order valence-corrected chi connectivity index (χ0v) is 13.9. The fraction of sp³-hybridized carbons (Fsp3) is 0.0588. The number of anilines is 1. The Hall–Kier alpha value is -3.05. The van der Waals surface area contributed by atoms with Crippen molar-refractivity contribution in [3.8, 4) is 39.9 Å². The summed E-state index contributed by atoms with van der Waals surface area (Å²) in [6, 6.07) is 11.0. The third kappa shape index (κ3) is 1.78. The van der Waals surface area contributed by atoms with Gasteiger partial charge in [0.1, 0.15) is 11.4 Å². The lowest BCUT2D eigenvalue weighted by molar-refractivity contribution is 0.351. The number of nitrogens with two attached hydrogens (primary N) is 1. The number of phosphoric acid groups is 1. The summed E-state index contributed by atoms with van der Waals surface area (Å²) >= 11 is 0. The second kappa shape index (κ2) is 4.52. The van der Waals surface area contributed by atoms with Crippen LogP contribution in [0.15, 0.2) is 36.4 Å². The molecule has 2 aliphatic rings. The van der Waals surface area contributed by atoms with E-state index in [0.29, 0.717) is 11.1 Å². The number of nitrogen functional groups attached to an aromatic ring is 1. The minimum atomic E-state index is -3.73. The zero-order valence-electron chi connectivity index (χ0n) is 13.0. The molecule has 5 rings (SSSR count). The highest BCUT2D eigenvalue weighted by molar-refractivity contribution is 7.50. The average molecular weight is 357 g/mol. The first kappa shape index (κ1) is 14.3. The molecule has 0 aliphatic carbocycles. The maximum atomic E-state index is 12.3. The quantitative estimate of drug-likeness (QED) is 0.526. The van der Waals surface area contributed by atoms with Gasteiger partial charge >= 0.3 is 7.82 Å². The molecular weight excluding hydrogens is 345 g/mol. The Morgan fingerprint density at radius 1 is 1.04 bits per heavy atom. The van der Waals surface area contributed by atoms with Crippen molar-refractivity contribution < 1.29 is 28.0 Å². The van der Waals surface area contributed by atoms with Crippen molar-refractivity contribution >= 4 is 24.3 Å². The van der Waals surface area contributed by atoms with E-state index in [1.807, 2.05) is 24.3 Å². The predicted octanol–water partition coefficient (Wildman–Crippen LogP) is 4.07. The summed E-state index contributed by atoms with van der Waals surface area (Å²) < 4.78 is 33.6. The molecule has 0 fully saturated rings. The van der Waals surface area contributed by atoms with Gasteiger partial charge < -0.3 is 29.1 Å². The molecule has 0 aromatic heterocycles. The molecule has 1 atom stereocenters. The van der Waals surface area contributed by atoms with Crippen LogP contribution in [0.5, 0.6) is 28.7 Å². The van der Waals surface area contributed by atoms with Crippen LogP contribution in [-0.2, 0) is 4.57 Å². The molecule has 0 spiro atoms. The molecule has 3 aromatic carbocycles. The lowest BCUT2D eigenvalue weighted by Crippen LogP contribution is -2.04. The molecule has 8 heteroatoms. The molecule has 126 valence electrons. The van der Waals surface area contributed by atoms with Gasteiger partial charge in [0, 0.05) is 5.56 Å². The standard InChI is InChI=1S/C17H12NO6P/c1-21-14-12(10-6-8-4-2-3-5-9(8)7-11(10)19)15-17-16(13(14)18)23-25(20,22-15)24-17/h2-7,19H,18H2,1H3. The van der Waals surface area contributed by atoms with Crippen LogP contribution in [0.1, 0.15) is 0 Å². The molecule has 2 aliphatic heterocycles. The maximum absolute atomic E-state index is 12.3. The highest BCUT2D eigenvalue weighted by Crippen LogP contribution is 2.74. The van der Waals surface area contributed by atoms with Gasteiger partial charge in [-0.15, -0.1) is 0 Å². The number of ether oxygens (including phenoxy) is 1. The van der Waals surface area contributed by atoms with Crippen molar-refractivity contribution in [3.05, 3.63) is 36.4 Å². The molecule has 2 bridgehead atoms. The summed E-state index contributed by atoms with van der Waals surface area (Å²) in [7, 11) is -2.29. The molecular formula is C17H12NO6P. The van der Waals surface area contributed by atoms with Crippen LogP contribution in [0.4, 0.5) is 5.69 Å². The SMILES string of the molecule is COc1c(N)c2c3c(c1-c1cc4ccccc4cc1O)OP(=O)(O2)O3. The number of hydrogen-bond donors (Lipinski definition) is 2. The normalized spacial score (nSPS) is 19.4. The maximum Gasteiger partial charge on any atom is 0.647 e. The monoisotopic (exact) mass is 357 g/mol. The lowest BCUT2D eigenvalue weighted by atomic mass is 9.97. The van der Waals surface area contributed by atoms with Gasteiger partial charge in [-0.25, -0.2) is 0 Å². The van der Waals surface area contributed by atoms with Crippen LogP contribution in [-0.4, -0.2) is 12.2 Å². The van der Waals surface area contributed by atoms with Crippen molar-refractivity contribution in [2.45, 2.75) is 0 Å². The topological polar surface area (TPSA) is 100 Å². The van der Waals surface area contributed by atoms with E-state index >= 15 is 0 Å². The molecule has 7 nitrogen and oxygen atoms in total. The molecule has 0 amide bonds. The largest absolute Gasteiger partial charge is 0.647 e.